The van der Waals surface area contributed by atoms with Gasteiger partial charge < -0.3 is 20.0 Å². The van der Waals surface area contributed by atoms with Gasteiger partial charge in [0.25, 0.3) is 0 Å². The summed E-state index contributed by atoms with van der Waals surface area (Å²) < 4.78 is 0. The molecule has 0 aromatic heterocycles. The van der Waals surface area contributed by atoms with Crippen LogP contribution in [0, 0.1) is 12.8 Å². The van der Waals surface area contributed by atoms with Crippen LogP contribution < -0.4 is 0 Å². The Morgan fingerprint density at radius 2 is 1.58 bits per heavy atom. The Kier molecular flexibility index (Phi) is 6.78. The summed E-state index contributed by atoms with van der Waals surface area (Å²) in [6.07, 6.45) is 9.52. The second-order valence-electron chi connectivity index (χ2n) is 11.6. The second kappa shape index (κ2) is 9.49. The van der Waals surface area contributed by atoms with E-state index in [0.29, 0.717) is 5.75 Å². The van der Waals surface area contributed by atoms with E-state index in [2.05, 4.69) is 28.5 Å². The van der Waals surface area contributed by atoms with Crippen molar-refractivity contribution in [2.24, 2.45) is 5.92 Å². The number of likely N-dealkylation sites (tertiary alicyclic amines) is 3. The molecule has 5 heteroatoms. The van der Waals surface area contributed by atoms with E-state index in [4.69, 9.17) is 0 Å². The van der Waals surface area contributed by atoms with Crippen LogP contribution in [0.2, 0.25) is 0 Å². The summed E-state index contributed by atoms with van der Waals surface area (Å²) >= 11 is 0. The largest absolute Gasteiger partial charge is 0.508 e. The first-order valence-corrected chi connectivity index (χ1v) is 13.6. The third-order valence-electron chi connectivity index (χ3n) is 9.66. The monoisotopic (exact) mass is 455 g/mol. The number of hydrogen-bond acceptors (Lipinski definition) is 5. The first kappa shape index (κ1) is 23.6. The Bertz CT molecular complexity index is 821. The van der Waals surface area contributed by atoms with Gasteiger partial charge in [-0.3, -0.25) is 4.90 Å². The zero-order valence-electron chi connectivity index (χ0n) is 20.9. The fourth-order valence-corrected chi connectivity index (χ4v) is 7.22. The van der Waals surface area contributed by atoms with Gasteiger partial charge in [0.1, 0.15) is 5.75 Å². The van der Waals surface area contributed by atoms with Gasteiger partial charge in [-0.05, 0) is 114 Å². The van der Waals surface area contributed by atoms with Crippen molar-refractivity contribution >= 4 is 0 Å². The Balaban J connectivity index is 1.41. The lowest BCUT2D eigenvalue weighted by Gasteiger charge is -2.58. The minimum Gasteiger partial charge on any atom is -0.508 e. The van der Waals surface area contributed by atoms with Crippen LogP contribution >= 0.6 is 0 Å². The molecule has 33 heavy (non-hydrogen) atoms. The van der Waals surface area contributed by atoms with Crippen LogP contribution in [0.1, 0.15) is 69.4 Å². The van der Waals surface area contributed by atoms with E-state index in [1.807, 2.05) is 12.1 Å². The van der Waals surface area contributed by atoms with Crippen LogP contribution in [-0.4, -0.2) is 88.9 Å². The molecule has 5 nitrogen and oxygen atoms in total. The van der Waals surface area contributed by atoms with E-state index < -0.39 is 5.60 Å². The normalized spacial score (nSPS) is 34.7. The number of aryl methyl sites for hydroxylation is 1. The summed E-state index contributed by atoms with van der Waals surface area (Å²) in [5.41, 5.74) is 1.31. The van der Waals surface area contributed by atoms with Crippen LogP contribution in [-0.2, 0) is 5.41 Å². The molecule has 0 bridgehead atoms. The maximum Gasteiger partial charge on any atom is 0.115 e. The molecule has 0 spiro atoms. The zero-order valence-corrected chi connectivity index (χ0v) is 20.9. The molecule has 3 aliphatic heterocycles. The summed E-state index contributed by atoms with van der Waals surface area (Å²) in [5, 5.41) is 23.1. The molecule has 2 N–H and O–H groups in total. The molecule has 3 saturated heterocycles. The Morgan fingerprint density at radius 1 is 0.909 bits per heavy atom. The molecule has 0 radical (unpaired) electrons. The lowest BCUT2D eigenvalue weighted by atomic mass is 9.57. The molecule has 1 saturated carbocycles. The summed E-state index contributed by atoms with van der Waals surface area (Å²) in [4.78, 5) is 7.82. The van der Waals surface area contributed by atoms with E-state index in [1.165, 1.54) is 56.3 Å². The average molecular weight is 456 g/mol. The second-order valence-corrected chi connectivity index (χ2v) is 11.6. The standard InChI is InChI=1S/C28H45N3O2/c1-22-6-9-25(32)20-26(22)27-10-15-30(19-18-29-13-4-3-5-14-29)16-12-28(27,33)23(2)31(17-11-27)21-24-7-8-24/h6,9,20,23-24,32-33H,3-5,7-8,10-19,21H2,1-2H3. The minimum atomic E-state index is -0.779. The number of phenols is 1. The molecule has 5 rings (SSSR count). The van der Waals surface area contributed by atoms with Crippen molar-refractivity contribution in [1.82, 2.24) is 14.7 Å². The molecular weight excluding hydrogens is 410 g/mol. The maximum absolute atomic E-state index is 12.6. The van der Waals surface area contributed by atoms with Gasteiger partial charge in [-0.15, -0.1) is 0 Å². The van der Waals surface area contributed by atoms with Gasteiger partial charge in [0.2, 0.25) is 0 Å². The third-order valence-corrected chi connectivity index (χ3v) is 9.66. The summed E-state index contributed by atoms with van der Waals surface area (Å²) in [5.74, 6) is 1.16. The highest BCUT2D eigenvalue weighted by molar-refractivity contribution is 5.43. The van der Waals surface area contributed by atoms with Crippen LogP contribution in [0.5, 0.6) is 5.75 Å². The van der Waals surface area contributed by atoms with Gasteiger partial charge in [-0.2, -0.15) is 0 Å². The summed E-state index contributed by atoms with van der Waals surface area (Å²) in [7, 11) is 0. The molecule has 1 aromatic rings. The van der Waals surface area contributed by atoms with E-state index in [9.17, 15) is 10.2 Å². The predicted octanol–water partition coefficient (Wildman–Crippen LogP) is 3.76. The van der Waals surface area contributed by atoms with Crippen LogP contribution in [0.4, 0.5) is 0 Å². The number of benzene rings is 1. The van der Waals surface area contributed by atoms with Gasteiger partial charge >= 0.3 is 0 Å². The zero-order chi connectivity index (χ0) is 23.1. The lowest BCUT2D eigenvalue weighted by Crippen LogP contribution is -2.68. The number of piperidine rings is 2. The number of aromatic hydroxyl groups is 1. The molecule has 1 aliphatic carbocycles. The van der Waals surface area contributed by atoms with Crippen LogP contribution in [0.25, 0.3) is 0 Å². The van der Waals surface area contributed by atoms with Crippen molar-refractivity contribution in [3.8, 4) is 5.75 Å². The highest BCUT2D eigenvalue weighted by Gasteiger charge is 2.59. The molecule has 184 valence electrons. The summed E-state index contributed by atoms with van der Waals surface area (Å²) in [6.45, 7) is 13.4. The van der Waals surface area contributed by atoms with Crippen molar-refractivity contribution in [3.63, 3.8) is 0 Å². The molecule has 3 heterocycles. The van der Waals surface area contributed by atoms with E-state index >= 15 is 0 Å². The number of hydrogen-bond donors (Lipinski definition) is 2. The maximum atomic E-state index is 12.6. The molecule has 0 amide bonds. The lowest BCUT2D eigenvalue weighted by molar-refractivity contribution is -0.136. The van der Waals surface area contributed by atoms with Crippen molar-refractivity contribution in [2.45, 2.75) is 82.3 Å². The topological polar surface area (TPSA) is 50.2 Å². The Hall–Kier alpha value is -1.14. The van der Waals surface area contributed by atoms with Crippen LogP contribution in [0.15, 0.2) is 18.2 Å². The van der Waals surface area contributed by atoms with Gasteiger partial charge in [0.05, 0.1) is 5.60 Å². The Morgan fingerprint density at radius 3 is 2.30 bits per heavy atom. The smallest absolute Gasteiger partial charge is 0.115 e. The fourth-order valence-electron chi connectivity index (χ4n) is 7.22. The molecule has 3 unspecified atom stereocenters. The van der Waals surface area contributed by atoms with Crippen LogP contribution in [0.3, 0.4) is 0 Å². The van der Waals surface area contributed by atoms with Crippen molar-refractivity contribution < 1.29 is 10.2 Å². The molecule has 4 aliphatic rings. The van der Waals surface area contributed by atoms with E-state index in [-0.39, 0.29) is 11.5 Å². The van der Waals surface area contributed by atoms with Gasteiger partial charge in [-0.1, -0.05) is 12.5 Å². The SMILES string of the molecule is Cc1ccc(O)cc1C12CCN(CCN3CCCCC3)CCC1(O)C(C)N(CC1CC1)CC2. The molecule has 3 atom stereocenters. The number of phenolic OH excluding ortho intramolecular Hbond substituents is 1. The quantitative estimate of drug-likeness (QED) is 0.684. The van der Waals surface area contributed by atoms with Crippen molar-refractivity contribution in [2.75, 3.05) is 52.4 Å². The van der Waals surface area contributed by atoms with Gasteiger partial charge in [-0.25, -0.2) is 0 Å². The molecular formula is C28H45N3O2. The van der Waals surface area contributed by atoms with Gasteiger partial charge in [0, 0.05) is 37.6 Å². The van der Waals surface area contributed by atoms with Crippen molar-refractivity contribution in [1.29, 1.82) is 0 Å². The van der Waals surface area contributed by atoms with Gasteiger partial charge in [0.15, 0.2) is 0 Å². The summed E-state index contributed by atoms with van der Waals surface area (Å²) in [6, 6.07) is 5.94. The average Bonchev–Trinajstić information content (AvgIpc) is 3.65. The molecule has 1 aromatic carbocycles. The Labute approximate surface area is 200 Å². The highest BCUT2D eigenvalue weighted by Crippen LogP contribution is 2.53. The fraction of sp³-hybridized carbons (Fsp3) is 0.786. The first-order chi connectivity index (χ1) is 15.9. The number of rotatable bonds is 6. The van der Waals surface area contributed by atoms with E-state index in [1.54, 1.807) is 6.07 Å². The number of nitrogens with zero attached hydrogens (tertiary/aromatic N) is 3. The van der Waals surface area contributed by atoms with E-state index in [0.717, 1.165) is 64.4 Å². The predicted molar refractivity (Wildman–Crippen MR) is 134 cm³/mol. The highest BCUT2D eigenvalue weighted by atomic mass is 16.3. The number of aliphatic hydroxyl groups is 1. The number of fused-ring (bicyclic) bond motifs is 1. The van der Waals surface area contributed by atoms with Crippen molar-refractivity contribution in [3.05, 3.63) is 29.3 Å². The first-order valence-electron chi connectivity index (χ1n) is 13.6. The minimum absolute atomic E-state index is 0.135. The third kappa shape index (κ3) is 4.59. The molecule has 4 fully saturated rings.